The number of thiocarbonyl (C=S) groups is 1. The molecule has 110 valence electrons. The molecule has 5 heteroatoms. The molecule has 0 aliphatic carbocycles. The van der Waals surface area contributed by atoms with E-state index in [0.29, 0.717) is 22.0 Å². The zero-order valence-corrected chi connectivity index (χ0v) is 13.6. The first-order chi connectivity index (χ1) is 9.47. The topological polar surface area (TPSA) is 41.3 Å². The van der Waals surface area contributed by atoms with E-state index in [2.05, 4.69) is 24.1 Å². The second-order valence-electron chi connectivity index (χ2n) is 5.68. The molecule has 0 bridgehead atoms. The first-order valence-electron chi connectivity index (χ1n) is 7.04. The number of nitrogens with one attached hydrogen (secondary N) is 1. The highest BCUT2D eigenvalue weighted by molar-refractivity contribution is 7.80. The van der Waals surface area contributed by atoms with Crippen molar-refractivity contribution in [3.63, 3.8) is 0 Å². The number of anilines is 1. The van der Waals surface area contributed by atoms with Crippen molar-refractivity contribution in [2.45, 2.75) is 26.3 Å². The molecule has 1 atom stereocenters. The maximum atomic E-state index is 6.05. The van der Waals surface area contributed by atoms with E-state index in [0.717, 1.165) is 24.3 Å². The van der Waals surface area contributed by atoms with Gasteiger partial charge in [0.1, 0.15) is 4.99 Å². The van der Waals surface area contributed by atoms with Gasteiger partial charge in [0.25, 0.3) is 0 Å². The zero-order chi connectivity index (χ0) is 14.7. The largest absolute Gasteiger partial charge is 0.389 e. The third-order valence-corrected chi connectivity index (χ3v) is 4.33. The maximum Gasteiger partial charge on any atom is 0.106 e. The van der Waals surface area contributed by atoms with Crippen molar-refractivity contribution in [3.05, 3.63) is 28.8 Å². The lowest BCUT2D eigenvalue weighted by Crippen LogP contribution is -2.29. The molecule has 20 heavy (non-hydrogen) atoms. The average Bonchev–Trinajstić information content (AvgIpc) is 2.85. The molecule has 1 aliphatic heterocycles. The van der Waals surface area contributed by atoms with Crippen molar-refractivity contribution in [1.29, 1.82) is 0 Å². The van der Waals surface area contributed by atoms with E-state index < -0.39 is 0 Å². The molecule has 1 aromatic rings. The third-order valence-electron chi connectivity index (χ3n) is 3.88. The molecule has 0 spiro atoms. The van der Waals surface area contributed by atoms with Gasteiger partial charge in [0.15, 0.2) is 0 Å². The van der Waals surface area contributed by atoms with Gasteiger partial charge in [-0.3, -0.25) is 0 Å². The lowest BCUT2D eigenvalue weighted by atomic mass is 10.1. The Hall–Kier alpha value is -0.840. The average molecular weight is 312 g/mol. The third kappa shape index (κ3) is 3.84. The van der Waals surface area contributed by atoms with Crippen LogP contribution in [0.25, 0.3) is 0 Å². The summed E-state index contributed by atoms with van der Waals surface area (Å²) in [4.78, 5) is 2.91. The SMILES string of the molecule is CC(C)N1CCC(CNc2cc(Cl)ccc2C(N)=S)C1. The van der Waals surface area contributed by atoms with Crippen LogP contribution in [0.2, 0.25) is 5.02 Å². The van der Waals surface area contributed by atoms with E-state index >= 15 is 0 Å². The Labute approximate surface area is 131 Å². The van der Waals surface area contributed by atoms with Crippen LogP contribution in [0.15, 0.2) is 18.2 Å². The van der Waals surface area contributed by atoms with E-state index in [1.165, 1.54) is 13.0 Å². The van der Waals surface area contributed by atoms with Crippen LogP contribution in [-0.4, -0.2) is 35.6 Å². The van der Waals surface area contributed by atoms with Crippen molar-refractivity contribution in [2.75, 3.05) is 25.0 Å². The van der Waals surface area contributed by atoms with Crippen LogP contribution in [0.1, 0.15) is 25.8 Å². The summed E-state index contributed by atoms with van der Waals surface area (Å²) in [5, 5.41) is 4.16. The predicted molar refractivity (Wildman–Crippen MR) is 90.6 cm³/mol. The number of nitrogens with zero attached hydrogens (tertiary/aromatic N) is 1. The van der Waals surface area contributed by atoms with Gasteiger partial charge < -0.3 is 16.0 Å². The van der Waals surface area contributed by atoms with Crippen LogP contribution in [-0.2, 0) is 0 Å². The van der Waals surface area contributed by atoms with E-state index in [4.69, 9.17) is 29.6 Å². The summed E-state index contributed by atoms with van der Waals surface area (Å²) in [5.41, 5.74) is 7.55. The fourth-order valence-corrected chi connectivity index (χ4v) is 2.98. The van der Waals surface area contributed by atoms with Gasteiger partial charge in [-0.25, -0.2) is 0 Å². The molecule has 1 aromatic carbocycles. The molecule has 3 nitrogen and oxygen atoms in total. The zero-order valence-electron chi connectivity index (χ0n) is 12.0. The molecule has 1 saturated heterocycles. The standard InChI is InChI=1S/C15H22ClN3S/c1-10(2)19-6-5-11(9-19)8-18-14-7-12(16)3-4-13(14)15(17)20/h3-4,7,10-11,18H,5-6,8-9H2,1-2H3,(H2,17,20). The van der Waals surface area contributed by atoms with Crippen LogP contribution in [0.3, 0.4) is 0 Å². The Morgan fingerprint density at radius 1 is 1.55 bits per heavy atom. The Morgan fingerprint density at radius 3 is 2.90 bits per heavy atom. The number of halogens is 1. The molecular formula is C15H22ClN3S. The van der Waals surface area contributed by atoms with Crippen LogP contribution in [0.5, 0.6) is 0 Å². The molecule has 0 radical (unpaired) electrons. The Bertz CT molecular complexity index is 490. The first-order valence-corrected chi connectivity index (χ1v) is 7.83. The number of rotatable bonds is 5. The summed E-state index contributed by atoms with van der Waals surface area (Å²) in [5.74, 6) is 0.663. The van der Waals surface area contributed by atoms with Gasteiger partial charge in [0, 0.05) is 35.4 Å². The molecular weight excluding hydrogens is 290 g/mol. The quantitative estimate of drug-likeness (QED) is 0.820. The van der Waals surface area contributed by atoms with Crippen molar-refractivity contribution >= 4 is 34.5 Å². The Balaban J connectivity index is 1.98. The van der Waals surface area contributed by atoms with Crippen LogP contribution in [0.4, 0.5) is 5.69 Å². The summed E-state index contributed by atoms with van der Waals surface area (Å²) in [6.45, 7) is 7.75. The highest BCUT2D eigenvalue weighted by atomic mass is 35.5. The summed E-state index contributed by atoms with van der Waals surface area (Å²) >= 11 is 11.1. The summed E-state index contributed by atoms with van der Waals surface area (Å²) < 4.78 is 0. The van der Waals surface area contributed by atoms with Gasteiger partial charge in [-0.15, -0.1) is 0 Å². The number of hydrogen-bond donors (Lipinski definition) is 2. The minimum atomic E-state index is 0.402. The maximum absolute atomic E-state index is 6.05. The summed E-state index contributed by atoms with van der Waals surface area (Å²) in [6.07, 6.45) is 1.23. The van der Waals surface area contributed by atoms with Gasteiger partial charge in [0.2, 0.25) is 0 Å². The second kappa shape index (κ2) is 6.74. The molecule has 0 aromatic heterocycles. The molecule has 1 unspecified atom stereocenters. The fraction of sp³-hybridized carbons (Fsp3) is 0.533. The molecule has 1 heterocycles. The number of nitrogens with two attached hydrogens (primary N) is 1. The molecule has 2 rings (SSSR count). The number of likely N-dealkylation sites (tertiary alicyclic amines) is 1. The van der Waals surface area contributed by atoms with E-state index in [-0.39, 0.29) is 0 Å². The highest BCUT2D eigenvalue weighted by Crippen LogP contribution is 2.23. The van der Waals surface area contributed by atoms with Crippen molar-refractivity contribution in [2.24, 2.45) is 11.7 Å². The minimum absolute atomic E-state index is 0.402. The van der Waals surface area contributed by atoms with Crippen LogP contribution in [0, 0.1) is 5.92 Å². The second-order valence-corrected chi connectivity index (χ2v) is 6.55. The van der Waals surface area contributed by atoms with Gasteiger partial charge >= 0.3 is 0 Å². The normalized spacial score (nSPS) is 19.5. The lowest BCUT2D eigenvalue weighted by molar-refractivity contribution is 0.266. The Kier molecular flexibility index (Phi) is 5.24. The lowest BCUT2D eigenvalue weighted by Gasteiger charge is -2.20. The van der Waals surface area contributed by atoms with Gasteiger partial charge in [-0.05, 0) is 50.9 Å². The van der Waals surface area contributed by atoms with Crippen LogP contribution < -0.4 is 11.1 Å². The van der Waals surface area contributed by atoms with Gasteiger partial charge in [-0.2, -0.15) is 0 Å². The van der Waals surface area contributed by atoms with Crippen LogP contribution >= 0.6 is 23.8 Å². The molecule has 1 fully saturated rings. The summed E-state index contributed by atoms with van der Waals surface area (Å²) in [6, 6.07) is 6.21. The van der Waals surface area contributed by atoms with Gasteiger partial charge in [0.05, 0.1) is 0 Å². The van der Waals surface area contributed by atoms with E-state index in [1.807, 2.05) is 18.2 Å². The Morgan fingerprint density at radius 2 is 2.30 bits per heavy atom. The number of benzene rings is 1. The molecule has 0 saturated carbocycles. The van der Waals surface area contributed by atoms with E-state index in [1.54, 1.807) is 0 Å². The fourth-order valence-electron chi connectivity index (χ4n) is 2.63. The predicted octanol–water partition coefficient (Wildman–Crippen LogP) is 3.12. The monoisotopic (exact) mass is 311 g/mol. The minimum Gasteiger partial charge on any atom is -0.389 e. The highest BCUT2D eigenvalue weighted by Gasteiger charge is 2.24. The van der Waals surface area contributed by atoms with Crippen molar-refractivity contribution in [1.82, 2.24) is 4.90 Å². The molecule has 0 amide bonds. The molecule has 3 N–H and O–H groups in total. The van der Waals surface area contributed by atoms with Crippen molar-refractivity contribution in [3.8, 4) is 0 Å². The van der Waals surface area contributed by atoms with Crippen molar-refractivity contribution < 1.29 is 0 Å². The summed E-state index contributed by atoms with van der Waals surface area (Å²) in [7, 11) is 0. The van der Waals surface area contributed by atoms with Gasteiger partial charge in [-0.1, -0.05) is 23.8 Å². The number of hydrogen-bond acceptors (Lipinski definition) is 3. The molecule has 1 aliphatic rings. The first kappa shape index (κ1) is 15.5. The smallest absolute Gasteiger partial charge is 0.106 e. The van der Waals surface area contributed by atoms with E-state index in [9.17, 15) is 0 Å².